The normalized spacial score (nSPS) is 12.5. The minimum atomic E-state index is -4.37. The summed E-state index contributed by atoms with van der Waals surface area (Å²) in [6.45, 7) is 1.68. The largest absolute Gasteiger partial charge is 0.416 e. The second kappa shape index (κ2) is 6.46. The van der Waals surface area contributed by atoms with Crippen LogP contribution in [0.1, 0.15) is 24.1 Å². The number of carbonyl (C=O) groups is 1. The van der Waals surface area contributed by atoms with Crippen molar-refractivity contribution >= 4 is 11.8 Å². The number of benzene rings is 1. The van der Waals surface area contributed by atoms with Gasteiger partial charge >= 0.3 is 12.2 Å². The van der Waals surface area contributed by atoms with E-state index in [2.05, 4.69) is 15.6 Å². The van der Waals surface area contributed by atoms with Gasteiger partial charge in [0.05, 0.1) is 11.6 Å². The van der Waals surface area contributed by atoms with Gasteiger partial charge in [-0.3, -0.25) is 5.32 Å². The first-order valence-corrected chi connectivity index (χ1v) is 6.52. The van der Waals surface area contributed by atoms with Crippen molar-refractivity contribution in [1.29, 1.82) is 0 Å². The smallest absolute Gasteiger partial charge is 0.331 e. The molecule has 0 spiro atoms. The quantitative estimate of drug-likeness (QED) is 0.901. The summed E-state index contributed by atoms with van der Waals surface area (Å²) < 4.78 is 37.5. The number of rotatable bonds is 3. The molecular formula is C15H14F3N3O. The molecule has 0 radical (unpaired) electrons. The third-order valence-electron chi connectivity index (χ3n) is 2.99. The Labute approximate surface area is 125 Å². The molecule has 22 heavy (non-hydrogen) atoms. The average molecular weight is 309 g/mol. The molecule has 0 fully saturated rings. The summed E-state index contributed by atoms with van der Waals surface area (Å²) in [4.78, 5) is 15.7. The van der Waals surface area contributed by atoms with E-state index in [1.807, 2.05) is 0 Å². The summed E-state index contributed by atoms with van der Waals surface area (Å²) in [6, 6.07) is 8.81. The number of anilines is 1. The minimum Gasteiger partial charge on any atom is -0.331 e. The summed E-state index contributed by atoms with van der Waals surface area (Å²) in [5, 5.41) is 5.17. The second-order valence-electron chi connectivity index (χ2n) is 4.65. The van der Waals surface area contributed by atoms with Crippen molar-refractivity contribution in [2.75, 3.05) is 5.32 Å². The number of nitrogens with zero attached hydrogens (tertiary/aromatic N) is 1. The van der Waals surface area contributed by atoms with Gasteiger partial charge in [0, 0.05) is 6.20 Å². The lowest BCUT2D eigenvalue weighted by Crippen LogP contribution is -2.31. The van der Waals surface area contributed by atoms with Crippen LogP contribution in [0.3, 0.4) is 0 Å². The van der Waals surface area contributed by atoms with Crippen LogP contribution in [0.15, 0.2) is 48.7 Å². The first-order chi connectivity index (χ1) is 10.4. The zero-order valence-corrected chi connectivity index (χ0v) is 11.7. The van der Waals surface area contributed by atoms with E-state index >= 15 is 0 Å². The molecule has 0 aliphatic rings. The van der Waals surface area contributed by atoms with E-state index in [0.717, 1.165) is 12.1 Å². The molecule has 2 N–H and O–H groups in total. The second-order valence-corrected chi connectivity index (χ2v) is 4.65. The van der Waals surface area contributed by atoms with Crippen LogP contribution in [0.4, 0.5) is 23.8 Å². The van der Waals surface area contributed by atoms with Crippen LogP contribution in [0.25, 0.3) is 0 Å². The molecule has 2 aromatic rings. The van der Waals surface area contributed by atoms with E-state index in [0.29, 0.717) is 11.4 Å². The Hall–Kier alpha value is -2.57. The highest BCUT2D eigenvalue weighted by atomic mass is 19.4. The van der Waals surface area contributed by atoms with Crippen molar-refractivity contribution in [1.82, 2.24) is 10.3 Å². The highest BCUT2D eigenvalue weighted by Crippen LogP contribution is 2.29. The maximum Gasteiger partial charge on any atom is 0.416 e. The van der Waals surface area contributed by atoms with Gasteiger partial charge in [0.15, 0.2) is 0 Å². The van der Waals surface area contributed by atoms with Crippen molar-refractivity contribution in [2.24, 2.45) is 0 Å². The Morgan fingerprint density at radius 1 is 1.14 bits per heavy atom. The molecule has 0 unspecified atom stereocenters. The third-order valence-corrected chi connectivity index (χ3v) is 2.99. The summed E-state index contributed by atoms with van der Waals surface area (Å²) in [7, 11) is 0. The number of nitrogens with one attached hydrogen (secondary N) is 2. The number of halogens is 3. The number of hydrogen-bond donors (Lipinski definition) is 2. The molecular weight excluding hydrogens is 295 g/mol. The van der Waals surface area contributed by atoms with Crippen molar-refractivity contribution in [2.45, 2.75) is 19.1 Å². The van der Waals surface area contributed by atoms with Crippen LogP contribution in [-0.2, 0) is 6.18 Å². The van der Waals surface area contributed by atoms with Gasteiger partial charge in [0.1, 0.15) is 5.82 Å². The number of alkyl halides is 3. The molecule has 2 rings (SSSR count). The molecule has 0 aliphatic heterocycles. The molecule has 0 aliphatic carbocycles. The van der Waals surface area contributed by atoms with Crippen LogP contribution in [0.2, 0.25) is 0 Å². The number of carbonyl (C=O) groups excluding carboxylic acids is 1. The number of hydrogen-bond acceptors (Lipinski definition) is 2. The lowest BCUT2D eigenvalue weighted by atomic mass is 10.1. The molecule has 1 aromatic carbocycles. The molecule has 0 saturated carbocycles. The Morgan fingerprint density at radius 3 is 2.36 bits per heavy atom. The average Bonchev–Trinajstić information content (AvgIpc) is 2.47. The van der Waals surface area contributed by atoms with Crippen LogP contribution in [-0.4, -0.2) is 11.0 Å². The third kappa shape index (κ3) is 4.21. The van der Waals surface area contributed by atoms with E-state index in [1.54, 1.807) is 25.1 Å². The predicted octanol–water partition coefficient (Wildman–Crippen LogP) is 3.98. The van der Waals surface area contributed by atoms with Gasteiger partial charge in [-0.05, 0) is 36.8 Å². The summed E-state index contributed by atoms with van der Waals surface area (Å²) in [6.07, 6.45) is -2.83. The maximum atomic E-state index is 12.5. The van der Waals surface area contributed by atoms with Gasteiger partial charge in [-0.1, -0.05) is 18.2 Å². The summed E-state index contributed by atoms with van der Waals surface area (Å²) in [5.41, 5.74) is -0.148. The van der Waals surface area contributed by atoms with E-state index in [9.17, 15) is 18.0 Å². The zero-order valence-electron chi connectivity index (χ0n) is 11.7. The lowest BCUT2D eigenvalue weighted by Gasteiger charge is -2.15. The van der Waals surface area contributed by atoms with Gasteiger partial charge in [-0.2, -0.15) is 13.2 Å². The Bertz CT molecular complexity index is 627. The highest BCUT2D eigenvalue weighted by molar-refractivity contribution is 5.88. The number of urea groups is 1. The number of amides is 2. The molecule has 0 saturated heterocycles. The van der Waals surface area contributed by atoms with Gasteiger partial charge in [0.25, 0.3) is 0 Å². The van der Waals surface area contributed by atoms with E-state index < -0.39 is 23.8 Å². The lowest BCUT2D eigenvalue weighted by molar-refractivity contribution is -0.137. The molecule has 0 bridgehead atoms. The van der Waals surface area contributed by atoms with Crippen molar-refractivity contribution in [3.8, 4) is 0 Å². The first kappa shape index (κ1) is 15.8. The van der Waals surface area contributed by atoms with E-state index in [1.165, 1.54) is 18.3 Å². The summed E-state index contributed by atoms with van der Waals surface area (Å²) >= 11 is 0. The fraction of sp³-hybridized carbons (Fsp3) is 0.200. The van der Waals surface area contributed by atoms with Gasteiger partial charge in [-0.25, -0.2) is 9.78 Å². The van der Waals surface area contributed by atoms with Gasteiger partial charge in [-0.15, -0.1) is 0 Å². The van der Waals surface area contributed by atoms with Gasteiger partial charge < -0.3 is 5.32 Å². The van der Waals surface area contributed by atoms with E-state index in [-0.39, 0.29) is 0 Å². The van der Waals surface area contributed by atoms with Crippen molar-refractivity contribution in [3.05, 3.63) is 59.8 Å². The Balaban J connectivity index is 1.97. The Kier molecular flexibility index (Phi) is 4.65. The SMILES string of the molecule is C[C@@H](NC(=O)Nc1ccccn1)c1ccc(C(F)(F)F)cc1. The minimum absolute atomic E-state index is 0.389. The fourth-order valence-electron chi connectivity index (χ4n) is 1.83. The fourth-order valence-corrected chi connectivity index (χ4v) is 1.83. The van der Waals surface area contributed by atoms with Crippen LogP contribution in [0, 0.1) is 0 Å². The van der Waals surface area contributed by atoms with Gasteiger partial charge in [0.2, 0.25) is 0 Å². The molecule has 1 atom stereocenters. The molecule has 1 heterocycles. The molecule has 116 valence electrons. The summed E-state index contributed by atoms with van der Waals surface area (Å²) in [5.74, 6) is 0.389. The number of pyridine rings is 1. The van der Waals surface area contributed by atoms with Crippen LogP contribution < -0.4 is 10.6 Å². The monoisotopic (exact) mass is 309 g/mol. The highest BCUT2D eigenvalue weighted by Gasteiger charge is 2.30. The molecule has 1 aromatic heterocycles. The zero-order chi connectivity index (χ0) is 16.2. The molecule has 2 amide bonds. The van der Waals surface area contributed by atoms with Crippen LogP contribution in [0.5, 0.6) is 0 Å². The van der Waals surface area contributed by atoms with Crippen LogP contribution >= 0.6 is 0 Å². The molecule has 4 nitrogen and oxygen atoms in total. The van der Waals surface area contributed by atoms with Crippen molar-refractivity contribution < 1.29 is 18.0 Å². The van der Waals surface area contributed by atoms with Crippen molar-refractivity contribution in [3.63, 3.8) is 0 Å². The first-order valence-electron chi connectivity index (χ1n) is 6.52. The Morgan fingerprint density at radius 2 is 1.82 bits per heavy atom. The number of aromatic nitrogens is 1. The predicted molar refractivity (Wildman–Crippen MR) is 76.3 cm³/mol. The maximum absolute atomic E-state index is 12.5. The molecule has 7 heteroatoms. The topological polar surface area (TPSA) is 54.0 Å². The standard InChI is InChI=1S/C15H14F3N3O/c1-10(11-5-7-12(8-6-11)15(16,17)18)20-14(22)21-13-4-2-3-9-19-13/h2-10H,1H3,(H2,19,20,21,22)/t10-/m1/s1. The van der Waals surface area contributed by atoms with E-state index in [4.69, 9.17) is 0 Å².